The van der Waals surface area contributed by atoms with Crippen LogP contribution in [0.2, 0.25) is 0 Å². The van der Waals surface area contributed by atoms with E-state index >= 15 is 0 Å². The maximum atomic E-state index is 12.0. The van der Waals surface area contributed by atoms with Gasteiger partial charge in [0.1, 0.15) is 0 Å². The van der Waals surface area contributed by atoms with Crippen LogP contribution >= 0.6 is 0 Å². The molecule has 1 heterocycles. The van der Waals surface area contributed by atoms with Crippen molar-refractivity contribution in [2.75, 3.05) is 19.7 Å². The van der Waals surface area contributed by atoms with Crippen molar-refractivity contribution in [3.8, 4) is 0 Å². The lowest BCUT2D eigenvalue weighted by molar-refractivity contribution is -0.125. The van der Waals surface area contributed by atoms with Crippen molar-refractivity contribution in [1.29, 1.82) is 0 Å². The average molecular weight is 307 g/mol. The summed E-state index contributed by atoms with van der Waals surface area (Å²) < 4.78 is 5.65. The molecule has 0 spiro atoms. The Bertz CT molecular complexity index is 388. The summed E-state index contributed by atoms with van der Waals surface area (Å²) in [5, 5.41) is 0. The van der Waals surface area contributed by atoms with Crippen LogP contribution in [-0.4, -0.2) is 36.6 Å². The maximum Gasteiger partial charge on any atom is 0.246 e. The number of nitrogens with zero attached hydrogens (tertiary/aromatic N) is 1. The van der Waals surface area contributed by atoms with Gasteiger partial charge in [0.05, 0.1) is 6.10 Å². The molecule has 1 amide bonds. The third-order valence-corrected chi connectivity index (χ3v) is 4.36. The first kappa shape index (κ1) is 19.0. The molecular weight excluding hydrogens is 274 g/mol. The van der Waals surface area contributed by atoms with E-state index < -0.39 is 0 Å². The maximum absolute atomic E-state index is 12.0. The van der Waals surface area contributed by atoms with Crippen molar-refractivity contribution in [2.24, 2.45) is 0 Å². The Kier molecular flexibility index (Phi) is 9.14. The van der Waals surface area contributed by atoms with Crippen molar-refractivity contribution in [3.05, 3.63) is 23.3 Å². The minimum Gasteiger partial charge on any atom is -0.378 e. The van der Waals surface area contributed by atoms with Gasteiger partial charge in [-0.05, 0) is 66.2 Å². The molecule has 0 radical (unpaired) electrons. The highest BCUT2D eigenvalue weighted by molar-refractivity contribution is 5.88. The van der Waals surface area contributed by atoms with Crippen molar-refractivity contribution in [2.45, 2.75) is 72.3 Å². The minimum absolute atomic E-state index is 0.140. The predicted molar refractivity (Wildman–Crippen MR) is 92.9 cm³/mol. The number of rotatable bonds is 9. The molecule has 0 N–H and O–H groups in total. The summed E-state index contributed by atoms with van der Waals surface area (Å²) in [6, 6.07) is 0. The number of likely N-dealkylation sites (N-methyl/N-ethyl adjacent to an activating group) is 1. The topological polar surface area (TPSA) is 29.5 Å². The van der Waals surface area contributed by atoms with Gasteiger partial charge >= 0.3 is 0 Å². The van der Waals surface area contributed by atoms with Gasteiger partial charge in [-0.3, -0.25) is 4.79 Å². The molecule has 3 nitrogen and oxygen atoms in total. The second-order valence-corrected chi connectivity index (χ2v) is 6.26. The fraction of sp³-hybridized carbons (Fsp3) is 0.737. The molecule has 0 aromatic rings. The summed E-state index contributed by atoms with van der Waals surface area (Å²) in [7, 11) is 0. The monoisotopic (exact) mass is 307 g/mol. The lowest BCUT2D eigenvalue weighted by Crippen LogP contribution is -2.28. The third kappa shape index (κ3) is 7.26. The Morgan fingerprint density at radius 2 is 1.91 bits per heavy atom. The van der Waals surface area contributed by atoms with E-state index in [1.165, 1.54) is 24.0 Å². The number of ether oxygens (including phenoxy) is 1. The van der Waals surface area contributed by atoms with Gasteiger partial charge in [-0.25, -0.2) is 0 Å². The molecule has 22 heavy (non-hydrogen) atoms. The first-order valence-corrected chi connectivity index (χ1v) is 8.80. The number of carbonyl (C=O) groups excluding carboxylic acids is 1. The molecule has 0 aromatic carbocycles. The highest BCUT2D eigenvalue weighted by Crippen LogP contribution is 2.19. The van der Waals surface area contributed by atoms with Gasteiger partial charge in [0, 0.05) is 25.8 Å². The van der Waals surface area contributed by atoms with Gasteiger partial charge in [0.25, 0.3) is 0 Å². The second kappa shape index (κ2) is 10.6. The lowest BCUT2D eigenvalue weighted by Gasteiger charge is -2.16. The molecule has 1 aliphatic heterocycles. The molecule has 1 aliphatic rings. The quantitative estimate of drug-likeness (QED) is 0.464. The van der Waals surface area contributed by atoms with Gasteiger partial charge in [0.2, 0.25) is 5.91 Å². The number of hydrogen-bond donors (Lipinski definition) is 0. The summed E-state index contributed by atoms with van der Waals surface area (Å²) in [4.78, 5) is 13.8. The van der Waals surface area contributed by atoms with Gasteiger partial charge in [-0.1, -0.05) is 17.2 Å². The smallest absolute Gasteiger partial charge is 0.246 e. The third-order valence-electron chi connectivity index (χ3n) is 4.36. The molecule has 1 rings (SSSR count). The molecule has 0 aromatic heterocycles. The Hall–Kier alpha value is -1.09. The zero-order valence-electron chi connectivity index (χ0n) is 14.9. The van der Waals surface area contributed by atoms with Crippen LogP contribution in [-0.2, 0) is 9.53 Å². The lowest BCUT2D eigenvalue weighted by atomic mass is 10.0. The molecule has 0 bridgehead atoms. The molecule has 1 unspecified atom stereocenters. The summed E-state index contributed by atoms with van der Waals surface area (Å²) in [5.41, 5.74) is 2.61. The van der Waals surface area contributed by atoms with E-state index in [1.54, 1.807) is 6.08 Å². The van der Waals surface area contributed by atoms with E-state index in [1.807, 2.05) is 18.7 Å². The van der Waals surface area contributed by atoms with Crippen LogP contribution in [0.4, 0.5) is 0 Å². The van der Waals surface area contributed by atoms with Crippen LogP contribution in [0.1, 0.15) is 66.2 Å². The van der Waals surface area contributed by atoms with E-state index in [-0.39, 0.29) is 5.91 Å². The molecule has 126 valence electrons. The molecule has 1 saturated heterocycles. The van der Waals surface area contributed by atoms with Crippen LogP contribution in [0.3, 0.4) is 0 Å². The molecule has 3 heteroatoms. The molecule has 0 aliphatic carbocycles. The van der Waals surface area contributed by atoms with Crippen molar-refractivity contribution in [3.63, 3.8) is 0 Å². The van der Waals surface area contributed by atoms with Crippen molar-refractivity contribution in [1.82, 2.24) is 4.90 Å². The largest absolute Gasteiger partial charge is 0.378 e. The van der Waals surface area contributed by atoms with E-state index in [4.69, 9.17) is 4.74 Å². The van der Waals surface area contributed by atoms with Crippen molar-refractivity contribution >= 4 is 5.91 Å². The number of hydrogen-bond acceptors (Lipinski definition) is 2. The van der Waals surface area contributed by atoms with Crippen LogP contribution in [0, 0.1) is 0 Å². The van der Waals surface area contributed by atoms with Gasteiger partial charge in [0.15, 0.2) is 0 Å². The molecule has 1 fully saturated rings. The summed E-state index contributed by atoms with van der Waals surface area (Å²) >= 11 is 0. The van der Waals surface area contributed by atoms with Gasteiger partial charge in [-0.2, -0.15) is 0 Å². The van der Waals surface area contributed by atoms with Crippen LogP contribution in [0.15, 0.2) is 23.3 Å². The van der Waals surface area contributed by atoms with E-state index in [0.29, 0.717) is 6.10 Å². The number of amides is 1. The van der Waals surface area contributed by atoms with Gasteiger partial charge in [-0.15, -0.1) is 0 Å². The first-order chi connectivity index (χ1) is 10.6. The Balaban J connectivity index is 2.28. The Morgan fingerprint density at radius 3 is 2.50 bits per heavy atom. The zero-order chi connectivity index (χ0) is 16.4. The predicted octanol–water partition coefficient (Wildman–Crippen LogP) is 4.49. The van der Waals surface area contributed by atoms with Gasteiger partial charge < -0.3 is 9.64 Å². The fourth-order valence-corrected chi connectivity index (χ4v) is 2.82. The normalized spacial score (nSPS) is 19.5. The SMILES string of the molecule is CCN(CC)C(=O)C=C(C)CCC=C(C)CCC1CCCO1. The minimum atomic E-state index is 0.140. The average Bonchev–Trinajstić information content (AvgIpc) is 2.99. The van der Waals surface area contributed by atoms with E-state index in [9.17, 15) is 4.79 Å². The molecular formula is C19H33NO2. The number of carbonyl (C=O) groups is 1. The van der Waals surface area contributed by atoms with E-state index in [2.05, 4.69) is 19.9 Å². The van der Waals surface area contributed by atoms with E-state index in [0.717, 1.165) is 45.4 Å². The number of allylic oxidation sites excluding steroid dienone is 3. The van der Waals surface area contributed by atoms with Crippen LogP contribution < -0.4 is 0 Å². The Labute approximate surface area is 136 Å². The van der Waals surface area contributed by atoms with Crippen LogP contribution in [0.5, 0.6) is 0 Å². The second-order valence-electron chi connectivity index (χ2n) is 6.26. The van der Waals surface area contributed by atoms with Crippen molar-refractivity contribution < 1.29 is 9.53 Å². The summed E-state index contributed by atoms with van der Waals surface area (Å²) in [6.45, 7) is 10.8. The summed E-state index contributed by atoms with van der Waals surface area (Å²) in [6.07, 6.45) is 11.3. The summed E-state index contributed by atoms with van der Waals surface area (Å²) in [5.74, 6) is 0.140. The highest BCUT2D eigenvalue weighted by Gasteiger charge is 2.14. The van der Waals surface area contributed by atoms with Crippen LogP contribution in [0.25, 0.3) is 0 Å². The zero-order valence-corrected chi connectivity index (χ0v) is 14.9. The highest BCUT2D eigenvalue weighted by atomic mass is 16.5. The molecule has 1 atom stereocenters. The standard InChI is InChI=1S/C19H33NO2/c1-5-20(6-2)19(21)15-17(4)10-7-9-16(3)12-13-18-11-8-14-22-18/h9,15,18H,5-8,10-14H2,1-4H3. The first-order valence-electron chi connectivity index (χ1n) is 8.80. The molecule has 0 saturated carbocycles. The fourth-order valence-electron chi connectivity index (χ4n) is 2.82. The Morgan fingerprint density at radius 1 is 1.18 bits per heavy atom.